The number of anilines is 2. The fraction of sp³-hybridized carbons (Fsp3) is 0.316. The van der Waals surface area contributed by atoms with E-state index in [0.29, 0.717) is 17.4 Å². The summed E-state index contributed by atoms with van der Waals surface area (Å²) in [6.45, 7) is 4.62. The number of hydrogen-bond donors (Lipinski definition) is 1. The quantitative estimate of drug-likeness (QED) is 0.739. The third-order valence-electron chi connectivity index (χ3n) is 4.40. The van der Waals surface area contributed by atoms with E-state index in [4.69, 9.17) is 16.6 Å². The number of benzene rings is 1. The molecule has 0 spiro atoms. The Balaban J connectivity index is 1.90. The molecule has 0 amide bonds. The third-order valence-corrected chi connectivity index (χ3v) is 4.73. The molecule has 0 aliphatic heterocycles. The zero-order chi connectivity index (χ0) is 18.8. The van der Waals surface area contributed by atoms with Crippen LogP contribution in [-0.2, 0) is 13.6 Å². The Morgan fingerprint density at radius 3 is 2.54 bits per heavy atom. The van der Waals surface area contributed by atoms with Crippen molar-refractivity contribution in [2.24, 2.45) is 7.05 Å². The minimum atomic E-state index is 0.622. The topological polar surface area (TPSA) is 58.9 Å². The molecule has 0 saturated carbocycles. The van der Waals surface area contributed by atoms with Gasteiger partial charge in [-0.2, -0.15) is 0 Å². The van der Waals surface area contributed by atoms with E-state index in [0.717, 1.165) is 34.3 Å². The number of nitrogens with one attached hydrogen (secondary N) is 1. The molecular formula is C19H23ClN6. The molecule has 0 unspecified atom stereocenters. The van der Waals surface area contributed by atoms with E-state index >= 15 is 0 Å². The molecule has 136 valence electrons. The van der Waals surface area contributed by atoms with Gasteiger partial charge in [0.15, 0.2) is 5.82 Å². The van der Waals surface area contributed by atoms with E-state index in [1.54, 1.807) is 0 Å². The number of rotatable bonds is 5. The molecule has 0 fully saturated rings. The molecule has 0 atom stereocenters. The molecule has 3 aromatic rings. The van der Waals surface area contributed by atoms with Gasteiger partial charge in [0.1, 0.15) is 5.82 Å². The van der Waals surface area contributed by atoms with Crippen molar-refractivity contribution in [2.75, 3.05) is 24.3 Å². The number of nitrogens with zero attached hydrogens (tertiary/aromatic N) is 5. The van der Waals surface area contributed by atoms with Gasteiger partial charge in [0.05, 0.1) is 23.5 Å². The van der Waals surface area contributed by atoms with E-state index in [1.807, 2.05) is 70.4 Å². The number of imidazole rings is 1. The van der Waals surface area contributed by atoms with Crippen LogP contribution in [0.1, 0.15) is 17.0 Å². The van der Waals surface area contributed by atoms with E-state index < -0.39 is 0 Å². The summed E-state index contributed by atoms with van der Waals surface area (Å²) in [5, 5.41) is 4.06. The van der Waals surface area contributed by atoms with E-state index in [9.17, 15) is 0 Å². The smallest absolute Gasteiger partial charge is 0.204 e. The lowest BCUT2D eigenvalue weighted by Crippen LogP contribution is -2.15. The monoisotopic (exact) mass is 370 g/mol. The molecule has 6 nitrogen and oxygen atoms in total. The zero-order valence-electron chi connectivity index (χ0n) is 15.7. The van der Waals surface area contributed by atoms with Gasteiger partial charge >= 0.3 is 0 Å². The maximum atomic E-state index is 6.31. The first-order valence-corrected chi connectivity index (χ1v) is 8.78. The van der Waals surface area contributed by atoms with Crippen LogP contribution in [0.2, 0.25) is 5.02 Å². The lowest BCUT2D eigenvalue weighted by molar-refractivity contribution is 0.811. The molecule has 1 aromatic carbocycles. The van der Waals surface area contributed by atoms with Crippen LogP contribution < -0.4 is 10.2 Å². The van der Waals surface area contributed by atoms with Crippen LogP contribution in [0.15, 0.2) is 30.5 Å². The summed E-state index contributed by atoms with van der Waals surface area (Å²) < 4.78 is 2.06. The Kier molecular flexibility index (Phi) is 5.13. The number of halogens is 1. The summed E-state index contributed by atoms with van der Waals surface area (Å²) in [5.41, 5.74) is 3.85. The van der Waals surface area contributed by atoms with Crippen LogP contribution in [-0.4, -0.2) is 33.6 Å². The molecule has 26 heavy (non-hydrogen) atoms. The van der Waals surface area contributed by atoms with Gasteiger partial charge in [-0.1, -0.05) is 23.7 Å². The second-order valence-corrected chi connectivity index (χ2v) is 6.85. The minimum Gasteiger partial charge on any atom is -0.364 e. The Morgan fingerprint density at radius 2 is 1.88 bits per heavy atom. The van der Waals surface area contributed by atoms with Crippen LogP contribution in [0.25, 0.3) is 11.4 Å². The second-order valence-electron chi connectivity index (χ2n) is 6.44. The molecule has 0 bridgehead atoms. The van der Waals surface area contributed by atoms with Gasteiger partial charge in [-0.05, 0) is 26.0 Å². The van der Waals surface area contributed by atoms with E-state index in [2.05, 4.69) is 19.9 Å². The second kappa shape index (κ2) is 7.33. The first-order valence-electron chi connectivity index (χ1n) is 8.40. The van der Waals surface area contributed by atoms with Crippen molar-refractivity contribution in [1.82, 2.24) is 19.5 Å². The van der Waals surface area contributed by atoms with Crippen molar-refractivity contribution in [3.05, 3.63) is 52.4 Å². The Labute approximate surface area is 158 Å². The highest BCUT2D eigenvalue weighted by atomic mass is 35.5. The highest BCUT2D eigenvalue weighted by Gasteiger charge is 2.13. The van der Waals surface area contributed by atoms with Crippen LogP contribution in [0.3, 0.4) is 0 Å². The maximum absolute atomic E-state index is 6.31. The van der Waals surface area contributed by atoms with E-state index in [1.165, 1.54) is 0 Å². The summed E-state index contributed by atoms with van der Waals surface area (Å²) >= 11 is 6.31. The first kappa shape index (κ1) is 18.2. The number of aromatic nitrogens is 4. The van der Waals surface area contributed by atoms with Gasteiger partial charge in [0.2, 0.25) is 5.95 Å². The van der Waals surface area contributed by atoms with Gasteiger partial charge in [-0.25, -0.2) is 15.0 Å². The van der Waals surface area contributed by atoms with Crippen LogP contribution in [0.5, 0.6) is 0 Å². The fourth-order valence-corrected chi connectivity index (χ4v) is 2.97. The molecule has 2 aromatic heterocycles. The molecule has 3 rings (SSSR count). The SMILES string of the molecule is Cc1nc(-c2ccccc2Cl)nc(NCc2cnc(N(C)C)n2C)c1C. The molecule has 0 aliphatic rings. The van der Waals surface area contributed by atoms with Crippen molar-refractivity contribution in [1.29, 1.82) is 0 Å². The van der Waals surface area contributed by atoms with Crippen molar-refractivity contribution < 1.29 is 0 Å². The molecule has 0 radical (unpaired) electrons. The lowest BCUT2D eigenvalue weighted by Gasteiger charge is -2.15. The van der Waals surface area contributed by atoms with Gasteiger partial charge in [0.25, 0.3) is 0 Å². The highest BCUT2D eigenvalue weighted by molar-refractivity contribution is 6.33. The van der Waals surface area contributed by atoms with Gasteiger partial charge < -0.3 is 14.8 Å². The van der Waals surface area contributed by atoms with Gasteiger partial charge in [0, 0.05) is 38.0 Å². The predicted octanol–water partition coefficient (Wildman–Crippen LogP) is 3.83. The Morgan fingerprint density at radius 1 is 1.15 bits per heavy atom. The summed E-state index contributed by atoms with van der Waals surface area (Å²) in [7, 11) is 5.97. The molecule has 0 aliphatic carbocycles. The molecule has 2 heterocycles. The first-order chi connectivity index (χ1) is 12.4. The highest BCUT2D eigenvalue weighted by Crippen LogP contribution is 2.27. The van der Waals surface area contributed by atoms with Crippen molar-refractivity contribution in [2.45, 2.75) is 20.4 Å². The van der Waals surface area contributed by atoms with Crippen molar-refractivity contribution in [3.8, 4) is 11.4 Å². The standard InChI is InChI=1S/C19H23ClN6/c1-12-13(2)23-18(15-8-6-7-9-16(15)20)24-17(12)21-10-14-11-22-19(25(3)4)26(14)5/h6-9,11H,10H2,1-5H3,(H,21,23,24). The van der Waals surface area contributed by atoms with Crippen molar-refractivity contribution in [3.63, 3.8) is 0 Å². The van der Waals surface area contributed by atoms with Crippen LogP contribution in [0, 0.1) is 13.8 Å². The maximum Gasteiger partial charge on any atom is 0.204 e. The Hall–Kier alpha value is -2.60. The summed E-state index contributed by atoms with van der Waals surface area (Å²) in [5.74, 6) is 2.34. The number of hydrogen-bond acceptors (Lipinski definition) is 5. The zero-order valence-corrected chi connectivity index (χ0v) is 16.5. The largest absolute Gasteiger partial charge is 0.364 e. The van der Waals surface area contributed by atoms with Crippen LogP contribution >= 0.6 is 11.6 Å². The predicted molar refractivity (Wildman–Crippen MR) is 107 cm³/mol. The van der Waals surface area contributed by atoms with Gasteiger partial charge in [-0.3, -0.25) is 0 Å². The third kappa shape index (κ3) is 3.51. The van der Waals surface area contributed by atoms with Crippen molar-refractivity contribution >= 4 is 23.4 Å². The van der Waals surface area contributed by atoms with Crippen LogP contribution in [0.4, 0.5) is 11.8 Å². The lowest BCUT2D eigenvalue weighted by atomic mass is 10.2. The van der Waals surface area contributed by atoms with E-state index in [-0.39, 0.29) is 0 Å². The summed E-state index contributed by atoms with van der Waals surface area (Å²) in [6, 6.07) is 7.61. The average molecular weight is 371 g/mol. The average Bonchev–Trinajstić information content (AvgIpc) is 2.97. The number of aryl methyl sites for hydroxylation is 1. The fourth-order valence-electron chi connectivity index (χ4n) is 2.75. The van der Waals surface area contributed by atoms with Gasteiger partial charge in [-0.15, -0.1) is 0 Å². The molecule has 0 saturated heterocycles. The molecular weight excluding hydrogens is 348 g/mol. The molecule has 7 heteroatoms. The Bertz CT molecular complexity index is 932. The minimum absolute atomic E-state index is 0.622. The molecule has 1 N–H and O–H groups in total. The summed E-state index contributed by atoms with van der Waals surface area (Å²) in [6.07, 6.45) is 1.88. The summed E-state index contributed by atoms with van der Waals surface area (Å²) in [4.78, 5) is 15.7. The normalized spacial score (nSPS) is 10.8.